The molecule has 0 spiro atoms. The lowest BCUT2D eigenvalue weighted by Crippen LogP contribution is -2.10. The van der Waals surface area contributed by atoms with E-state index in [0.717, 1.165) is 28.8 Å². The molecule has 5 nitrogen and oxygen atoms in total. The molecule has 22 heavy (non-hydrogen) atoms. The van der Waals surface area contributed by atoms with E-state index < -0.39 is 0 Å². The van der Waals surface area contributed by atoms with Gasteiger partial charge in [0.25, 0.3) is 0 Å². The lowest BCUT2D eigenvalue weighted by Gasteiger charge is -2.09. The monoisotopic (exact) mass is 296 g/mol. The Kier molecular flexibility index (Phi) is 4.05. The molecular weight excluding hydrogens is 280 g/mol. The zero-order valence-corrected chi connectivity index (χ0v) is 12.2. The molecule has 2 aromatic carbocycles. The molecule has 0 bridgehead atoms. The third kappa shape index (κ3) is 2.79. The van der Waals surface area contributed by atoms with Crippen molar-refractivity contribution in [2.45, 2.75) is 6.54 Å². The number of hydrogen-bond donors (Lipinski definition) is 0. The Morgan fingerprint density at radius 3 is 2.55 bits per heavy atom. The largest absolute Gasteiger partial charge is 0.497 e. The minimum absolute atomic E-state index is 0.416. The summed E-state index contributed by atoms with van der Waals surface area (Å²) in [5.74, 6) is 1.97. The van der Waals surface area contributed by atoms with Crippen LogP contribution in [-0.2, 0) is 6.54 Å². The van der Waals surface area contributed by atoms with Gasteiger partial charge in [-0.25, -0.2) is 4.98 Å². The predicted molar refractivity (Wildman–Crippen MR) is 83.6 cm³/mol. The molecule has 0 saturated heterocycles. The van der Waals surface area contributed by atoms with Crippen LogP contribution >= 0.6 is 0 Å². The number of carbonyl (C=O) groups excluding carboxylic acids is 1. The van der Waals surface area contributed by atoms with E-state index >= 15 is 0 Å². The zero-order chi connectivity index (χ0) is 15.4. The smallest absolute Gasteiger partial charge is 0.185 e. The number of para-hydroxylation sites is 2. The van der Waals surface area contributed by atoms with Gasteiger partial charge in [-0.15, -0.1) is 0 Å². The van der Waals surface area contributed by atoms with Crippen LogP contribution in [0.5, 0.6) is 11.5 Å². The second-order valence-electron chi connectivity index (χ2n) is 4.75. The van der Waals surface area contributed by atoms with E-state index in [-0.39, 0.29) is 0 Å². The summed E-state index contributed by atoms with van der Waals surface area (Å²) < 4.78 is 12.7. The maximum atomic E-state index is 11.2. The van der Waals surface area contributed by atoms with Gasteiger partial charge in [0.1, 0.15) is 18.1 Å². The number of methoxy groups -OCH3 is 1. The highest BCUT2D eigenvalue weighted by Crippen LogP contribution is 2.18. The second kappa shape index (κ2) is 6.30. The molecule has 1 aromatic heterocycles. The van der Waals surface area contributed by atoms with E-state index in [9.17, 15) is 4.79 Å². The van der Waals surface area contributed by atoms with Crippen LogP contribution in [0.1, 0.15) is 10.6 Å². The Morgan fingerprint density at radius 1 is 1.09 bits per heavy atom. The Morgan fingerprint density at radius 2 is 1.82 bits per heavy atom. The topological polar surface area (TPSA) is 53.4 Å². The standard InChI is InChI=1S/C17H16N2O3/c1-21-13-6-8-14(9-7-13)22-11-10-19-16-5-3-2-4-15(16)18-17(19)12-20/h2-9,12H,10-11H2,1H3. The molecule has 3 rings (SSSR count). The summed E-state index contributed by atoms with van der Waals surface area (Å²) in [5, 5.41) is 0. The Hall–Kier alpha value is -2.82. The summed E-state index contributed by atoms with van der Waals surface area (Å²) in [6.45, 7) is 1.01. The maximum Gasteiger partial charge on any atom is 0.185 e. The molecule has 0 aliphatic heterocycles. The fourth-order valence-corrected chi connectivity index (χ4v) is 2.35. The van der Waals surface area contributed by atoms with Gasteiger partial charge in [-0.2, -0.15) is 0 Å². The average Bonchev–Trinajstić information content (AvgIpc) is 2.93. The van der Waals surface area contributed by atoms with Crippen molar-refractivity contribution >= 4 is 17.3 Å². The number of ether oxygens (including phenoxy) is 2. The highest BCUT2D eigenvalue weighted by molar-refractivity contribution is 5.82. The number of hydrogen-bond acceptors (Lipinski definition) is 4. The van der Waals surface area contributed by atoms with E-state index in [4.69, 9.17) is 9.47 Å². The summed E-state index contributed by atoms with van der Waals surface area (Å²) in [6.07, 6.45) is 0.771. The van der Waals surface area contributed by atoms with Crippen molar-refractivity contribution in [3.63, 3.8) is 0 Å². The zero-order valence-electron chi connectivity index (χ0n) is 12.2. The molecule has 0 saturated carbocycles. The van der Waals surface area contributed by atoms with E-state index in [1.165, 1.54) is 0 Å². The van der Waals surface area contributed by atoms with Crippen LogP contribution in [0.15, 0.2) is 48.5 Å². The molecule has 0 fully saturated rings. The minimum Gasteiger partial charge on any atom is -0.497 e. The summed E-state index contributed by atoms with van der Waals surface area (Å²) in [4.78, 5) is 15.5. The highest BCUT2D eigenvalue weighted by Gasteiger charge is 2.09. The van der Waals surface area contributed by atoms with Crippen molar-refractivity contribution in [2.75, 3.05) is 13.7 Å². The molecule has 3 aromatic rings. The number of aromatic nitrogens is 2. The average molecular weight is 296 g/mol. The van der Waals surface area contributed by atoms with Gasteiger partial charge >= 0.3 is 0 Å². The van der Waals surface area contributed by atoms with Gasteiger partial charge in [0.05, 0.1) is 24.7 Å². The number of aldehydes is 1. The maximum absolute atomic E-state index is 11.2. The summed E-state index contributed by atoms with van der Waals surface area (Å²) >= 11 is 0. The molecule has 0 radical (unpaired) electrons. The van der Waals surface area contributed by atoms with Crippen LogP contribution in [0.2, 0.25) is 0 Å². The third-order valence-electron chi connectivity index (χ3n) is 3.43. The van der Waals surface area contributed by atoms with Crippen LogP contribution in [0, 0.1) is 0 Å². The molecule has 0 aliphatic carbocycles. The van der Waals surface area contributed by atoms with Gasteiger partial charge < -0.3 is 14.0 Å². The number of fused-ring (bicyclic) bond motifs is 1. The van der Waals surface area contributed by atoms with Gasteiger partial charge in [-0.1, -0.05) is 12.1 Å². The van der Waals surface area contributed by atoms with Gasteiger partial charge in [-0.05, 0) is 36.4 Å². The molecular formula is C17H16N2O3. The molecule has 1 heterocycles. The first-order valence-electron chi connectivity index (χ1n) is 6.99. The number of rotatable bonds is 6. The molecule has 112 valence electrons. The fourth-order valence-electron chi connectivity index (χ4n) is 2.35. The first kappa shape index (κ1) is 14.1. The lowest BCUT2D eigenvalue weighted by atomic mass is 10.3. The predicted octanol–water partition coefficient (Wildman–Crippen LogP) is 2.94. The van der Waals surface area contributed by atoms with Crippen molar-refractivity contribution in [1.82, 2.24) is 9.55 Å². The summed E-state index contributed by atoms with van der Waals surface area (Å²) in [5.41, 5.74) is 1.75. The van der Waals surface area contributed by atoms with Crippen molar-refractivity contribution in [1.29, 1.82) is 0 Å². The molecule has 0 amide bonds. The van der Waals surface area contributed by atoms with Crippen LogP contribution in [0.25, 0.3) is 11.0 Å². The number of nitrogens with zero attached hydrogens (tertiary/aromatic N) is 2. The summed E-state index contributed by atoms with van der Waals surface area (Å²) in [6, 6.07) is 15.1. The van der Waals surface area contributed by atoms with Crippen LogP contribution in [0.4, 0.5) is 0 Å². The number of benzene rings is 2. The number of imidazole rings is 1. The lowest BCUT2D eigenvalue weighted by molar-refractivity contribution is 0.111. The Bertz CT molecular complexity index is 778. The Labute approximate surface area is 128 Å². The van der Waals surface area contributed by atoms with E-state index in [2.05, 4.69) is 4.98 Å². The van der Waals surface area contributed by atoms with E-state index in [1.54, 1.807) is 7.11 Å². The second-order valence-corrected chi connectivity index (χ2v) is 4.75. The first-order chi connectivity index (χ1) is 10.8. The first-order valence-corrected chi connectivity index (χ1v) is 6.99. The molecule has 0 aliphatic rings. The normalized spacial score (nSPS) is 10.6. The summed E-state index contributed by atoms with van der Waals surface area (Å²) in [7, 11) is 1.63. The SMILES string of the molecule is COc1ccc(OCCn2c(C=O)nc3ccccc32)cc1. The molecule has 0 atom stereocenters. The molecule has 0 N–H and O–H groups in total. The number of carbonyl (C=O) groups is 1. The van der Waals surface area contributed by atoms with Gasteiger partial charge in [0.15, 0.2) is 12.1 Å². The van der Waals surface area contributed by atoms with Crippen molar-refractivity contribution in [3.05, 3.63) is 54.4 Å². The quantitative estimate of drug-likeness (QED) is 0.656. The van der Waals surface area contributed by atoms with E-state index in [1.807, 2.05) is 53.1 Å². The van der Waals surface area contributed by atoms with Gasteiger partial charge in [0, 0.05) is 0 Å². The van der Waals surface area contributed by atoms with Crippen LogP contribution in [0.3, 0.4) is 0 Å². The van der Waals surface area contributed by atoms with Crippen molar-refractivity contribution in [3.8, 4) is 11.5 Å². The van der Waals surface area contributed by atoms with E-state index in [0.29, 0.717) is 19.0 Å². The highest BCUT2D eigenvalue weighted by atomic mass is 16.5. The van der Waals surface area contributed by atoms with Crippen LogP contribution < -0.4 is 9.47 Å². The van der Waals surface area contributed by atoms with Gasteiger partial charge in [-0.3, -0.25) is 4.79 Å². The van der Waals surface area contributed by atoms with Crippen molar-refractivity contribution < 1.29 is 14.3 Å². The molecule has 0 unspecified atom stereocenters. The molecule has 5 heteroatoms. The van der Waals surface area contributed by atoms with Crippen LogP contribution in [-0.4, -0.2) is 29.6 Å². The fraction of sp³-hybridized carbons (Fsp3) is 0.176. The van der Waals surface area contributed by atoms with Crippen molar-refractivity contribution in [2.24, 2.45) is 0 Å². The Balaban J connectivity index is 1.72. The third-order valence-corrected chi connectivity index (χ3v) is 3.43. The minimum atomic E-state index is 0.416. The van der Waals surface area contributed by atoms with Gasteiger partial charge in [0.2, 0.25) is 0 Å².